The Morgan fingerprint density at radius 3 is 2.38 bits per heavy atom. The number of hydrogen-bond acceptors (Lipinski definition) is 5. The lowest BCUT2D eigenvalue weighted by atomic mass is 9.85. The second-order valence-electron chi connectivity index (χ2n) is 5.40. The van der Waals surface area contributed by atoms with E-state index in [4.69, 9.17) is 5.11 Å². The molecule has 9 heteroatoms. The average molecular weight is 321 g/mol. The van der Waals surface area contributed by atoms with E-state index >= 15 is 0 Å². The lowest BCUT2D eigenvalue weighted by Gasteiger charge is -2.42. The van der Waals surface area contributed by atoms with Crippen LogP contribution < -0.4 is 10.0 Å². The van der Waals surface area contributed by atoms with Crippen molar-refractivity contribution in [2.75, 3.05) is 19.3 Å². The maximum Gasteiger partial charge on any atom is 0.317 e. The van der Waals surface area contributed by atoms with Crippen LogP contribution in [0.4, 0.5) is 0 Å². The molecule has 122 valence electrons. The summed E-state index contributed by atoms with van der Waals surface area (Å²) in [6.45, 7) is 4.01. The molecule has 3 N–H and O–H groups in total. The van der Waals surface area contributed by atoms with Crippen molar-refractivity contribution < 1.29 is 23.1 Å². The van der Waals surface area contributed by atoms with Crippen LogP contribution >= 0.6 is 0 Å². The minimum absolute atomic E-state index is 0.00608. The Labute approximate surface area is 124 Å². The number of rotatable bonds is 8. The van der Waals surface area contributed by atoms with Gasteiger partial charge in [-0.15, -0.1) is 0 Å². The lowest BCUT2D eigenvalue weighted by molar-refractivity contribution is -0.139. The average Bonchev–Trinajstić information content (AvgIpc) is 2.27. The third-order valence-electron chi connectivity index (χ3n) is 3.50. The number of nitrogens with one attached hydrogen (secondary N) is 2. The minimum Gasteiger partial charge on any atom is -0.480 e. The largest absolute Gasteiger partial charge is 0.480 e. The van der Waals surface area contributed by atoms with Gasteiger partial charge in [-0.05, 0) is 26.3 Å². The quantitative estimate of drug-likeness (QED) is 0.527. The molecule has 1 aliphatic rings. The van der Waals surface area contributed by atoms with Crippen molar-refractivity contribution in [1.82, 2.24) is 14.9 Å². The first-order valence-corrected chi connectivity index (χ1v) is 8.75. The summed E-state index contributed by atoms with van der Waals surface area (Å²) >= 11 is 0. The van der Waals surface area contributed by atoms with Crippen molar-refractivity contribution in [3.63, 3.8) is 0 Å². The van der Waals surface area contributed by atoms with Gasteiger partial charge in [0.25, 0.3) is 0 Å². The maximum atomic E-state index is 11.8. The highest BCUT2D eigenvalue weighted by atomic mass is 32.2. The predicted octanol–water partition coefficient (Wildman–Crippen LogP) is -1.02. The van der Waals surface area contributed by atoms with Crippen LogP contribution in [-0.2, 0) is 19.6 Å². The van der Waals surface area contributed by atoms with Crippen LogP contribution in [0.3, 0.4) is 0 Å². The first-order valence-electron chi connectivity index (χ1n) is 6.86. The van der Waals surface area contributed by atoms with E-state index in [2.05, 4.69) is 10.0 Å². The molecule has 0 aromatic heterocycles. The summed E-state index contributed by atoms with van der Waals surface area (Å²) in [6.07, 6.45) is 2.36. The van der Waals surface area contributed by atoms with Gasteiger partial charge < -0.3 is 10.4 Å². The fourth-order valence-electron chi connectivity index (χ4n) is 2.38. The molecule has 0 bridgehead atoms. The smallest absolute Gasteiger partial charge is 0.317 e. The summed E-state index contributed by atoms with van der Waals surface area (Å²) in [5.74, 6) is -1.24. The summed E-state index contributed by atoms with van der Waals surface area (Å²) < 4.78 is 24.3. The number of amides is 1. The van der Waals surface area contributed by atoms with E-state index in [-0.39, 0.29) is 24.5 Å². The summed E-state index contributed by atoms with van der Waals surface area (Å²) in [5.41, 5.74) is 0. The van der Waals surface area contributed by atoms with Gasteiger partial charge in [-0.25, -0.2) is 13.1 Å². The normalized spacial score (nSPS) is 23.4. The van der Waals surface area contributed by atoms with Crippen molar-refractivity contribution in [3.8, 4) is 0 Å². The molecule has 0 heterocycles. The van der Waals surface area contributed by atoms with Crippen molar-refractivity contribution in [3.05, 3.63) is 0 Å². The zero-order valence-electron chi connectivity index (χ0n) is 12.5. The Morgan fingerprint density at radius 1 is 1.38 bits per heavy atom. The van der Waals surface area contributed by atoms with Gasteiger partial charge in [0.05, 0.1) is 18.8 Å². The van der Waals surface area contributed by atoms with E-state index in [9.17, 15) is 18.0 Å². The molecule has 1 saturated carbocycles. The van der Waals surface area contributed by atoms with Gasteiger partial charge >= 0.3 is 5.97 Å². The van der Waals surface area contributed by atoms with E-state index in [1.807, 2.05) is 11.8 Å². The highest BCUT2D eigenvalue weighted by Crippen LogP contribution is 2.25. The highest BCUT2D eigenvalue weighted by Gasteiger charge is 2.35. The van der Waals surface area contributed by atoms with E-state index in [0.29, 0.717) is 19.4 Å². The van der Waals surface area contributed by atoms with Crippen molar-refractivity contribution in [2.24, 2.45) is 0 Å². The zero-order chi connectivity index (χ0) is 16.2. The van der Waals surface area contributed by atoms with Gasteiger partial charge in [-0.2, -0.15) is 0 Å². The van der Waals surface area contributed by atoms with E-state index in [1.54, 1.807) is 0 Å². The number of sulfonamides is 1. The van der Waals surface area contributed by atoms with Crippen LogP contribution in [0.25, 0.3) is 0 Å². The molecule has 0 saturated heterocycles. The summed E-state index contributed by atoms with van der Waals surface area (Å²) in [7, 11) is -3.42. The second-order valence-corrected chi connectivity index (χ2v) is 7.18. The lowest BCUT2D eigenvalue weighted by Crippen LogP contribution is -2.57. The molecule has 8 nitrogen and oxygen atoms in total. The number of likely N-dealkylation sites (N-methyl/N-ethyl adjacent to an activating group) is 1. The van der Waals surface area contributed by atoms with Crippen LogP contribution in [0, 0.1) is 0 Å². The third kappa shape index (κ3) is 5.98. The predicted molar refractivity (Wildman–Crippen MR) is 77.3 cm³/mol. The Kier molecular flexibility index (Phi) is 6.11. The van der Waals surface area contributed by atoms with Gasteiger partial charge in [0.1, 0.15) is 0 Å². The van der Waals surface area contributed by atoms with E-state index in [0.717, 1.165) is 6.26 Å². The SMILES string of the molecule is CCN(CC(=O)O)C1CC(NC(=O)C(C)NS(C)(=O)=O)C1. The number of hydrogen-bond donors (Lipinski definition) is 3. The summed E-state index contributed by atoms with van der Waals surface area (Å²) in [4.78, 5) is 24.4. The maximum absolute atomic E-state index is 11.8. The molecule has 0 spiro atoms. The monoisotopic (exact) mass is 321 g/mol. The van der Waals surface area contributed by atoms with Crippen LogP contribution in [0.5, 0.6) is 0 Å². The number of carboxylic acids is 1. The molecule has 1 unspecified atom stereocenters. The second kappa shape index (κ2) is 7.19. The van der Waals surface area contributed by atoms with Gasteiger partial charge in [0, 0.05) is 12.1 Å². The van der Waals surface area contributed by atoms with E-state index < -0.39 is 22.0 Å². The molecular formula is C12H23N3O5S. The standard InChI is InChI=1S/C12H23N3O5S/c1-4-15(7-11(16)17)10-5-9(6-10)13-12(18)8(2)14-21(3,19)20/h8-10,14H,4-7H2,1-3H3,(H,13,18)(H,16,17). The summed E-state index contributed by atoms with van der Waals surface area (Å²) in [5, 5.41) is 11.6. The zero-order valence-corrected chi connectivity index (χ0v) is 13.3. The number of aliphatic carboxylic acids is 1. The molecule has 21 heavy (non-hydrogen) atoms. The number of carbonyl (C=O) groups is 2. The topological polar surface area (TPSA) is 116 Å². The third-order valence-corrected chi connectivity index (χ3v) is 4.29. The van der Waals surface area contributed by atoms with Crippen LogP contribution in [0.1, 0.15) is 26.7 Å². The van der Waals surface area contributed by atoms with Crippen LogP contribution in [0.2, 0.25) is 0 Å². The van der Waals surface area contributed by atoms with Crippen molar-refractivity contribution in [1.29, 1.82) is 0 Å². The summed E-state index contributed by atoms with van der Waals surface area (Å²) in [6, 6.07) is -0.705. The molecule has 1 amide bonds. The molecule has 0 aromatic rings. The molecule has 1 fully saturated rings. The molecule has 0 radical (unpaired) electrons. The van der Waals surface area contributed by atoms with Crippen molar-refractivity contribution in [2.45, 2.75) is 44.8 Å². The minimum atomic E-state index is -3.42. The fourth-order valence-corrected chi connectivity index (χ4v) is 3.13. The molecular weight excluding hydrogens is 298 g/mol. The molecule has 1 aliphatic carbocycles. The van der Waals surface area contributed by atoms with E-state index in [1.165, 1.54) is 6.92 Å². The number of carbonyl (C=O) groups excluding carboxylic acids is 1. The highest BCUT2D eigenvalue weighted by molar-refractivity contribution is 7.88. The fraction of sp³-hybridized carbons (Fsp3) is 0.833. The number of nitrogens with zero attached hydrogens (tertiary/aromatic N) is 1. The molecule has 1 rings (SSSR count). The Balaban J connectivity index is 2.37. The number of carboxylic acid groups (broad SMARTS) is 1. The van der Waals surface area contributed by atoms with Crippen LogP contribution in [-0.4, -0.2) is 67.8 Å². The van der Waals surface area contributed by atoms with Gasteiger partial charge in [-0.3, -0.25) is 14.5 Å². The molecule has 1 atom stereocenters. The van der Waals surface area contributed by atoms with Gasteiger partial charge in [0.2, 0.25) is 15.9 Å². The van der Waals surface area contributed by atoms with Crippen molar-refractivity contribution >= 4 is 21.9 Å². The first-order chi connectivity index (χ1) is 9.62. The van der Waals surface area contributed by atoms with Crippen LogP contribution in [0.15, 0.2) is 0 Å². The van der Waals surface area contributed by atoms with Gasteiger partial charge in [0.15, 0.2) is 0 Å². The Bertz CT molecular complexity index is 487. The molecule has 0 aliphatic heterocycles. The Morgan fingerprint density at radius 2 is 1.95 bits per heavy atom. The Hall–Kier alpha value is -1.19. The molecule has 0 aromatic carbocycles. The first kappa shape index (κ1) is 17.9. The van der Waals surface area contributed by atoms with Gasteiger partial charge in [-0.1, -0.05) is 6.92 Å².